The van der Waals surface area contributed by atoms with Gasteiger partial charge >= 0.3 is 5.97 Å². The fourth-order valence-corrected chi connectivity index (χ4v) is 6.09. The maximum Gasteiger partial charge on any atom is 0.306 e. The minimum Gasteiger partial charge on any atom is -0.481 e. The van der Waals surface area contributed by atoms with Gasteiger partial charge in [0.1, 0.15) is 5.82 Å². The van der Waals surface area contributed by atoms with Crippen molar-refractivity contribution < 1.29 is 28.6 Å². The molecule has 5 rings (SSSR count). The summed E-state index contributed by atoms with van der Waals surface area (Å²) in [7, 11) is 1.85. The molecule has 1 aromatic heterocycles. The predicted molar refractivity (Wildman–Crippen MR) is 150 cm³/mol. The van der Waals surface area contributed by atoms with Crippen LogP contribution in [0, 0.1) is 11.7 Å². The van der Waals surface area contributed by atoms with E-state index in [2.05, 4.69) is 5.32 Å². The highest BCUT2D eigenvalue weighted by atomic mass is 35.5. The molecule has 2 heterocycles. The summed E-state index contributed by atoms with van der Waals surface area (Å²) in [4.78, 5) is 39.1. The number of rotatable bonds is 8. The van der Waals surface area contributed by atoms with Crippen molar-refractivity contribution in [2.45, 2.75) is 57.1 Å². The van der Waals surface area contributed by atoms with E-state index >= 15 is 4.39 Å². The Hall–Kier alpha value is -3.43. The van der Waals surface area contributed by atoms with Crippen molar-refractivity contribution >= 4 is 46.0 Å². The van der Waals surface area contributed by atoms with Crippen LogP contribution in [0.15, 0.2) is 42.6 Å². The molecule has 0 spiro atoms. The molecule has 1 aliphatic heterocycles. The molecule has 1 aliphatic carbocycles. The fraction of sp³-hybridized carbons (Fsp3) is 0.433. The van der Waals surface area contributed by atoms with Gasteiger partial charge in [0.25, 0.3) is 5.91 Å². The van der Waals surface area contributed by atoms with Crippen LogP contribution in [-0.4, -0.2) is 57.7 Å². The number of likely N-dealkylation sites (tertiary alicyclic amines) is 1. The summed E-state index contributed by atoms with van der Waals surface area (Å²) in [6.45, 7) is 0.962. The lowest BCUT2D eigenvalue weighted by Crippen LogP contribution is -2.40. The van der Waals surface area contributed by atoms with Crippen LogP contribution in [0.1, 0.15) is 54.4 Å². The molecule has 1 saturated heterocycles. The Morgan fingerprint density at radius 3 is 2.62 bits per heavy atom. The number of aromatic nitrogens is 1. The molecule has 0 radical (unpaired) electrons. The van der Waals surface area contributed by atoms with E-state index in [1.807, 2.05) is 35.9 Å². The summed E-state index contributed by atoms with van der Waals surface area (Å²) in [6, 6.07) is 9.96. The molecule has 0 unspecified atom stereocenters. The van der Waals surface area contributed by atoms with Crippen molar-refractivity contribution in [1.82, 2.24) is 9.47 Å². The number of hydrogen-bond acceptors (Lipinski definition) is 4. The number of carboxylic acids is 1. The first-order chi connectivity index (χ1) is 19.2. The van der Waals surface area contributed by atoms with Crippen LogP contribution in [0.2, 0.25) is 5.02 Å². The predicted octanol–water partition coefficient (Wildman–Crippen LogP) is 5.42. The number of hydrogen-bond donors (Lipinski definition) is 2. The second-order valence-electron chi connectivity index (χ2n) is 10.8. The molecule has 8 nitrogen and oxygen atoms in total. The molecular weight excluding hydrogens is 537 g/mol. The van der Waals surface area contributed by atoms with Gasteiger partial charge in [-0.3, -0.25) is 14.4 Å². The monoisotopic (exact) mass is 569 g/mol. The van der Waals surface area contributed by atoms with Crippen LogP contribution in [-0.2, 0) is 27.8 Å². The second-order valence-corrected chi connectivity index (χ2v) is 11.2. The van der Waals surface area contributed by atoms with Crippen LogP contribution in [0.3, 0.4) is 0 Å². The maximum absolute atomic E-state index is 15.1. The molecule has 2 N–H and O–H groups in total. The molecule has 2 aliphatic rings. The van der Waals surface area contributed by atoms with E-state index in [1.54, 1.807) is 11.1 Å². The molecule has 40 heavy (non-hydrogen) atoms. The summed E-state index contributed by atoms with van der Waals surface area (Å²) < 4.78 is 23.0. The minimum absolute atomic E-state index is 0.000956. The van der Waals surface area contributed by atoms with Crippen molar-refractivity contribution in [3.8, 4) is 0 Å². The quantitative estimate of drug-likeness (QED) is 0.377. The third-order valence-electron chi connectivity index (χ3n) is 8.11. The van der Waals surface area contributed by atoms with E-state index in [9.17, 15) is 19.5 Å². The first-order valence-electron chi connectivity index (χ1n) is 13.7. The number of nitrogens with one attached hydrogen (secondary N) is 1. The summed E-state index contributed by atoms with van der Waals surface area (Å²) in [5.74, 6) is -2.28. The van der Waals surface area contributed by atoms with Gasteiger partial charge in [-0.05, 0) is 62.3 Å². The van der Waals surface area contributed by atoms with E-state index in [4.69, 9.17) is 16.3 Å². The van der Waals surface area contributed by atoms with E-state index in [0.29, 0.717) is 44.4 Å². The number of amides is 2. The highest BCUT2D eigenvalue weighted by Crippen LogP contribution is 2.30. The molecule has 1 saturated carbocycles. The van der Waals surface area contributed by atoms with Crippen LogP contribution in [0.5, 0.6) is 0 Å². The molecule has 2 aromatic carbocycles. The number of anilines is 1. The Morgan fingerprint density at radius 1 is 1.12 bits per heavy atom. The number of carboxylic acid groups (broad SMARTS) is 1. The van der Waals surface area contributed by atoms with Crippen molar-refractivity contribution in [3.63, 3.8) is 0 Å². The van der Waals surface area contributed by atoms with Gasteiger partial charge in [0.15, 0.2) is 0 Å². The first-order valence-corrected chi connectivity index (χ1v) is 14.1. The summed E-state index contributed by atoms with van der Waals surface area (Å²) >= 11 is 6.43. The van der Waals surface area contributed by atoms with Gasteiger partial charge in [0.2, 0.25) is 5.91 Å². The van der Waals surface area contributed by atoms with Crippen molar-refractivity contribution in [3.05, 3.63) is 64.6 Å². The maximum atomic E-state index is 15.1. The third kappa shape index (κ3) is 6.00. The van der Waals surface area contributed by atoms with Crippen LogP contribution >= 0.6 is 11.6 Å². The Bertz CT molecular complexity index is 1430. The van der Waals surface area contributed by atoms with Gasteiger partial charge in [-0.25, -0.2) is 4.39 Å². The van der Waals surface area contributed by atoms with Gasteiger partial charge in [-0.1, -0.05) is 29.8 Å². The molecular formula is C30H33ClFN3O5. The largest absolute Gasteiger partial charge is 0.481 e. The Kier molecular flexibility index (Phi) is 8.42. The standard InChI is InChI=1S/C30H33ClFN3O5/c1-34-16-23(22-6-2-3-7-27(22)34)29(37)33-26-15-25(32)19(13-24(26)31)14-28(36)35-12-4-5-20(35)17-40-21-10-8-18(9-11-21)30(38)39/h2-3,6-7,13,15-16,18,20-21H,4-5,8-12,14,17H2,1H3,(H,33,37)(H,38,39)/t18-,20-,21-/m0/s1. The van der Waals surface area contributed by atoms with E-state index in [0.717, 1.165) is 29.8 Å². The Balaban J connectivity index is 1.20. The lowest BCUT2D eigenvalue weighted by atomic mass is 9.87. The highest BCUT2D eigenvalue weighted by Gasteiger charge is 2.32. The van der Waals surface area contributed by atoms with Crippen LogP contribution in [0.4, 0.5) is 10.1 Å². The average Bonchev–Trinajstić information content (AvgIpc) is 3.55. The Labute approximate surface area is 237 Å². The average molecular weight is 570 g/mol. The van der Waals surface area contributed by atoms with Gasteiger partial charge in [-0.2, -0.15) is 0 Å². The fourth-order valence-electron chi connectivity index (χ4n) is 5.86. The second kappa shape index (κ2) is 12.0. The third-order valence-corrected chi connectivity index (χ3v) is 8.43. The topological polar surface area (TPSA) is 101 Å². The molecule has 3 aromatic rings. The summed E-state index contributed by atoms with van der Waals surface area (Å²) in [5, 5.41) is 12.8. The number of ether oxygens (including phenoxy) is 1. The number of aliphatic carboxylic acids is 1. The lowest BCUT2D eigenvalue weighted by molar-refractivity contribution is -0.144. The van der Waals surface area contributed by atoms with E-state index < -0.39 is 17.7 Å². The van der Waals surface area contributed by atoms with Gasteiger partial charge in [0.05, 0.1) is 47.4 Å². The SMILES string of the molecule is Cn1cc(C(=O)Nc2cc(F)c(CC(=O)N3CCC[C@H]3CO[C@H]3CC[C@H](C(=O)O)CC3)cc2Cl)c2ccccc21. The highest BCUT2D eigenvalue weighted by molar-refractivity contribution is 6.34. The summed E-state index contributed by atoms with van der Waals surface area (Å²) in [6.07, 6.45) is 5.82. The number of nitrogens with zero attached hydrogens (tertiary/aromatic N) is 2. The number of aryl methyl sites for hydroxylation is 1. The molecule has 2 amide bonds. The van der Waals surface area contributed by atoms with Crippen molar-refractivity contribution in [1.29, 1.82) is 0 Å². The first kappa shape index (κ1) is 28.1. The molecule has 212 valence electrons. The van der Waals surface area contributed by atoms with Gasteiger partial charge < -0.3 is 24.6 Å². The molecule has 1 atom stereocenters. The van der Waals surface area contributed by atoms with Crippen LogP contribution in [0.25, 0.3) is 10.9 Å². The molecule has 10 heteroatoms. The normalized spacial score (nSPS) is 21.1. The molecule has 0 bridgehead atoms. The number of carbonyl (C=O) groups excluding carboxylic acids is 2. The summed E-state index contributed by atoms with van der Waals surface area (Å²) in [5.41, 5.74) is 1.65. The van der Waals surface area contributed by atoms with Crippen molar-refractivity contribution in [2.75, 3.05) is 18.5 Å². The zero-order valence-electron chi connectivity index (χ0n) is 22.4. The molecule has 2 fully saturated rings. The lowest BCUT2D eigenvalue weighted by Gasteiger charge is -2.30. The van der Waals surface area contributed by atoms with Gasteiger partial charge in [-0.15, -0.1) is 0 Å². The van der Waals surface area contributed by atoms with Gasteiger partial charge in [0, 0.05) is 30.7 Å². The minimum atomic E-state index is -0.751. The number of fused-ring (bicyclic) bond motifs is 1. The number of halogens is 2. The smallest absolute Gasteiger partial charge is 0.306 e. The Morgan fingerprint density at radius 2 is 1.88 bits per heavy atom. The number of benzene rings is 2. The van der Waals surface area contributed by atoms with E-state index in [1.165, 1.54) is 6.07 Å². The number of carbonyl (C=O) groups is 3. The number of para-hydroxylation sites is 1. The van der Waals surface area contributed by atoms with Crippen LogP contribution < -0.4 is 5.32 Å². The zero-order valence-corrected chi connectivity index (χ0v) is 23.1. The van der Waals surface area contributed by atoms with Crippen molar-refractivity contribution in [2.24, 2.45) is 13.0 Å². The van der Waals surface area contributed by atoms with E-state index in [-0.39, 0.29) is 46.7 Å². The zero-order chi connectivity index (χ0) is 28.4.